The van der Waals surface area contributed by atoms with Gasteiger partial charge in [0, 0.05) is 43.4 Å². The number of nitrogens with zero attached hydrogens (tertiary/aromatic N) is 4. The molecular weight excluding hydrogens is 387 g/mol. The van der Waals surface area contributed by atoms with E-state index in [1.165, 1.54) is 30.3 Å². The molecular formula is C22H19FN4O3. The van der Waals surface area contributed by atoms with E-state index >= 15 is 0 Å². The van der Waals surface area contributed by atoms with E-state index in [0.717, 1.165) is 0 Å². The normalized spacial score (nSPS) is 13.9. The van der Waals surface area contributed by atoms with Gasteiger partial charge in [-0.1, -0.05) is 30.3 Å². The molecule has 1 amide bonds. The number of aromatic nitrogens is 1. The molecule has 2 aromatic carbocycles. The van der Waals surface area contributed by atoms with Crippen molar-refractivity contribution in [3.63, 3.8) is 0 Å². The fourth-order valence-corrected chi connectivity index (χ4v) is 3.49. The average molecular weight is 406 g/mol. The fourth-order valence-electron chi connectivity index (χ4n) is 3.49. The number of anilines is 1. The molecule has 0 bridgehead atoms. The molecule has 1 fully saturated rings. The van der Waals surface area contributed by atoms with Crippen LogP contribution >= 0.6 is 0 Å². The van der Waals surface area contributed by atoms with Gasteiger partial charge in [-0.05, 0) is 30.3 Å². The summed E-state index contributed by atoms with van der Waals surface area (Å²) in [6.07, 6.45) is 0. The molecule has 0 unspecified atom stereocenters. The van der Waals surface area contributed by atoms with Crippen LogP contribution in [0.25, 0.3) is 11.3 Å². The van der Waals surface area contributed by atoms with Crippen molar-refractivity contribution in [2.45, 2.75) is 0 Å². The minimum Gasteiger partial charge on any atom is -0.353 e. The first-order chi connectivity index (χ1) is 14.5. The minimum absolute atomic E-state index is 0.0462. The molecule has 0 aliphatic carbocycles. The third kappa shape index (κ3) is 3.98. The van der Waals surface area contributed by atoms with Crippen LogP contribution in [0.3, 0.4) is 0 Å². The van der Waals surface area contributed by atoms with E-state index in [1.54, 1.807) is 23.1 Å². The number of halogens is 1. The summed E-state index contributed by atoms with van der Waals surface area (Å²) in [6.45, 7) is 2.06. The lowest BCUT2D eigenvalue weighted by molar-refractivity contribution is -0.384. The number of piperazine rings is 1. The lowest BCUT2D eigenvalue weighted by atomic mass is 10.1. The number of nitro groups is 1. The minimum atomic E-state index is -0.432. The van der Waals surface area contributed by atoms with Gasteiger partial charge in [0.15, 0.2) is 5.69 Å². The van der Waals surface area contributed by atoms with Gasteiger partial charge in [0.05, 0.1) is 4.92 Å². The molecule has 30 heavy (non-hydrogen) atoms. The van der Waals surface area contributed by atoms with E-state index in [2.05, 4.69) is 4.98 Å². The second kappa shape index (κ2) is 8.28. The Morgan fingerprint density at radius 1 is 0.933 bits per heavy atom. The zero-order valence-corrected chi connectivity index (χ0v) is 16.1. The van der Waals surface area contributed by atoms with Crippen LogP contribution in [0.2, 0.25) is 0 Å². The number of carbonyl (C=O) groups excluding carboxylic acids is 1. The summed E-state index contributed by atoms with van der Waals surface area (Å²) < 4.78 is 13.1. The van der Waals surface area contributed by atoms with Gasteiger partial charge in [0.25, 0.3) is 11.6 Å². The van der Waals surface area contributed by atoms with Crippen molar-refractivity contribution in [3.05, 3.63) is 88.2 Å². The van der Waals surface area contributed by atoms with Gasteiger partial charge < -0.3 is 9.80 Å². The quantitative estimate of drug-likeness (QED) is 0.487. The summed E-state index contributed by atoms with van der Waals surface area (Å²) in [5, 5.41) is 11.4. The van der Waals surface area contributed by atoms with Crippen molar-refractivity contribution in [3.8, 4) is 11.3 Å². The zero-order chi connectivity index (χ0) is 21.1. The summed E-state index contributed by atoms with van der Waals surface area (Å²) in [7, 11) is 0. The summed E-state index contributed by atoms with van der Waals surface area (Å²) in [4.78, 5) is 31.9. The predicted octanol–water partition coefficient (Wildman–Crippen LogP) is 3.76. The largest absolute Gasteiger partial charge is 0.353 e. The number of rotatable bonds is 4. The maximum absolute atomic E-state index is 13.1. The third-order valence-corrected chi connectivity index (χ3v) is 5.09. The highest BCUT2D eigenvalue weighted by atomic mass is 19.1. The first-order valence-electron chi connectivity index (χ1n) is 9.53. The molecule has 1 aromatic heterocycles. The summed E-state index contributed by atoms with van der Waals surface area (Å²) in [5.41, 5.74) is 1.40. The molecule has 7 nitrogen and oxygen atoms in total. The van der Waals surface area contributed by atoms with Crippen LogP contribution in [-0.2, 0) is 0 Å². The predicted molar refractivity (Wildman–Crippen MR) is 111 cm³/mol. The van der Waals surface area contributed by atoms with Crippen LogP contribution in [0.4, 0.5) is 15.9 Å². The van der Waals surface area contributed by atoms with Gasteiger partial charge in [-0.2, -0.15) is 0 Å². The molecule has 0 radical (unpaired) electrons. The smallest absolute Gasteiger partial charge is 0.295 e. The lowest BCUT2D eigenvalue weighted by Crippen LogP contribution is -2.49. The standard InChI is InChI=1S/C22H19FN4O3/c23-18-8-6-17(7-9-18)22(28)26-14-12-25(13-15-26)20-11-10-19(27(29)30)21(24-20)16-4-2-1-3-5-16/h1-11H,12-15H2. The Bertz CT molecular complexity index is 1070. The first-order valence-corrected chi connectivity index (χ1v) is 9.53. The highest BCUT2D eigenvalue weighted by Gasteiger charge is 2.25. The summed E-state index contributed by atoms with van der Waals surface area (Å²) in [6, 6.07) is 17.7. The van der Waals surface area contributed by atoms with E-state index in [0.29, 0.717) is 48.8 Å². The number of hydrogen-bond acceptors (Lipinski definition) is 5. The molecule has 1 aliphatic rings. The van der Waals surface area contributed by atoms with Crippen LogP contribution in [-0.4, -0.2) is 46.9 Å². The van der Waals surface area contributed by atoms with E-state index in [-0.39, 0.29) is 17.4 Å². The van der Waals surface area contributed by atoms with Crippen LogP contribution in [0.1, 0.15) is 10.4 Å². The monoisotopic (exact) mass is 406 g/mol. The Morgan fingerprint density at radius 3 is 2.23 bits per heavy atom. The molecule has 4 rings (SSSR count). The van der Waals surface area contributed by atoms with E-state index in [4.69, 9.17) is 0 Å². The molecule has 3 aromatic rings. The molecule has 0 saturated carbocycles. The molecule has 0 atom stereocenters. The maximum atomic E-state index is 13.1. The molecule has 0 N–H and O–H groups in total. The van der Waals surface area contributed by atoms with E-state index in [9.17, 15) is 19.3 Å². The Hall–Kier alpha value is -3.81. The first kappa shape index (κ1) is 19.5. The van der Waals surface area contributed by atoms with Crippen molar-refractivity contribution in [1.29, 1.82) is 0 Å². The SMILES string of the molecule is O=C(c1ccc(F)cc1)N1CCN(c2ccc([N+](=O)[O-])c(-c3ccccc3)n2)CC1. The molecule has 152 valence electrons. The van der Waals surface area contributed by atoms with Gasteiger partial charge >= 0.3 is 0 Å². The second-order valence-electron chi connectivity index (χ2n) is 6.95. The Morgan fingerprint density at radius 2 is 1.60 bits per heavy atom. The van der Waals surface area contributed by atoms with E-state index in [1.807, 2.05) is 23.1 Å². The van der Waals surface area contributed by atoms with Crippen molar-refractivity contribution in [2.75, 3.05) is 31.1 Å². The Kier molecular flexibility index (Phi) is 5.38. The summed E-state index contributed by atoms with van der Waals surface area (Å²) in [5.74, 6) is 0.111. The van der Waals surface area contributed by atoms with Gasteiger partial charge in [-0.15, -0.1) is 0 Å². The van der Waals surface area contributed by atoms with Crippen molar-refractivity contribution < 1.29 is 14.1 Å². The zero-order valence-electron chi connectivity index (χ0n) is 16.1. The van der Waals surface area contributed by atoms with Gasteiger partial charge in [0.2, 0.25) is 0 Å². The lowest BCUT2D eigenvalue weighted by Gasteiger charge is -2.35. The van der Waals surface area contributed by atoms with E-state index < -0.39 is 4.92 Å². The van der Waals surface area contributed by atoms with Crippen LogP contribution in [0.5, 0.6) is 0 Å². The Labute approximate surface area is 172 Å². The number of hydrogen-bond donors (Lipinski definition) is 0. The highest BCUT2D eigenvalue weighted by Crippen LogP contribution is 2.30. The molecule has 1 saturated heterocycles. The van der Waals surface area contributed by atoms with Gasteiger partial charge in [0.1, 0.15) is 11.6 Å². The molecule has 8 heteroatoms. The number of benzene rings is 2. The topological polar surface area (TPSA) is 79.6 Å². The Balaban J connectivity index is 1.51. The van der Waals surface area contributed by atoms with Gasteiger partial charge in [-0.3, -0.25) is 14.9 Å². The molecule has 0 spiro atoms. The molecule has 1 aliphatic heterocycles. The fraction of sp³-hybridized carbons (Fsp3) is 0.182. The van der Waals surface area contributed by atoms with Crippen LogP contribution in [0.15, 0.2) is 66.7 Å². The number of carbonyl (C=O) groups is 1. The van der Waals surface area contributed by atoms with Crippen molar-refractivity contribution in [1.82, 2.24) is 9.88 Å². The average Bonchev–Trinajstić information content (AvgIpc) is 2.79. The second-order valence-corrected chi connectivity index (χ2v) is 6.95. The van der Waals surface area contributed by atoms with Crippen molar-refractivity contribution in [2.24, 2.45) is 0 Å². The maximum Gasteiger partial charge on any atom is 0.295 e. The van der Waals surface area contributed by atoms with Gasteiger partial charge in [-0.25, -0.2) is 9.37 Å². The van der Waals surface area contributed by atoms with Crippen LogP contribution in [0, 0.1) is 15.9 Å². The highest BCUT2D eigenvalue weighted by molar-refractivity contribution is 5.94. The van der Waals surface area contributed by atoms with Crippen LogP contribution < -0.4 is 4.90 Å². The summed E-state index contributed by atoms with van der Waals surface area (Å²) >= 11 is 0. The third-order valence-electron chi connectivity index (χ3n) is 5.09. The molecule has 2 heterocycles. The number of pyridine rings is 1. The van der Waals surface area contributed by atoms with Crippen molar-refractivity contribution >= 4 is 17.4 Å². The number of amides is 1.